The Morgan fingerprint density at radius 1 is 1.16 bits per heavy atom. The highest BCUT2D eigenvalue weighted by molar-refractivity contribution is 6.33. The molecule has 0 heterocycles. The third kappa shape index (κ3) is 4.11. The summed E-state index contributed by atoms with van der Waals surface area (Å²) in [6, 6.07) is 6.15. The molecule has 1 nitrogen and oxygen atoms in total. The molecule has 0 aromatic heterocycles. The second kappa shape index (κ2) is 7.52. The molecule has 0 amide bonds. The minimum atomic E-state index is 0.342. The van der Waals surface area contributed by atoms with Gasteiger partial charge in [0.1, 0.15) is 0 Å². The fourth-order valence-electron chi connectivity index (χ4n) is 3.15. The lowest BCUT2D eigenvalue weighted by molar-refractivity contribution is 0.330. The van der Waals surface area contributed by atoms with Crippen LogP contribution in [-0.2, 0) is 0 Å². The van der Waals surface area contributed by atoms with E-state index in [1.54, 1.807) is 0 Å². The number of halogens is 2. The molecule has 1 aliphatic carbocycles. The van der Waals surface area contributed by atoms with Gasteiger partial charge < -0.3 is 5.32 Å². The van der Waals surface area contributed by atoms with E-state index < -0.39 is 0 Å². The second-order valence-electron chi connectivity index (χ2n) is 5.45. The summed E-state index contributed by atoms with van der Waals surface area (Å²) in [5, 5.41) is 5.23. The molecule has 1 atom stereocenters. The van der Waals surface area contributed by atoms with E-state index in [1.165, 1.54) is 44.1 Å². The quantitative estimate of drug-likeness (QED) is 0.712. The van der Waals surface area contributed by atoms with Gasteiger partial charge in [0, 0.05) is 16.1 Å². The van der Waals surface area contributed by atoms with Crippen molar-refractivity contribution in [3.8, 4) is 0 Å². The van der Waals surface area contributed by atoms with Crippen molar-refractivity contribution in [1.82, 2.24) is 5.32 Å². The van der Waals surface area contributed by atoms with Crippen molar-refractivity contribution in [2.24, 2.45) is 5.92 Å². The van der Waals surface area contributed by atoms with Gasteiger partial charge >= 0.3 is 0 Å². The molecule has 0 spiro atoms. The molecule has 1 N–H and O–H groups in total. The Morgan fingerprint density at radius 3 is 2.47 bits per heavy atom. The summed E-state index contributed by atoms with van der Waals surface area (Å²) < 4.78 is 0. The molecule has 1 aliphatic rings. The lowest BCUT2D eigenvalue weighted by atomic mass is 9.87. The first-order chi connectivity index (χ1) is 9.22. The molecule has 1 aromatic rings. The topological polar surface area (TPSA) is 12.0 Å². The lowest BCUT2D eigenvalue weighted by Crippen LogP contribution is -2.28. The Balaban J connectivity index is 2.24. The standard InChI is InChI=1S/C16H23Cl2N/c1-2-19-16(12-7-5-3-4-6-8-12)14-11-13(17)9-10-15(14)18/h9-12,16,19H,2-8H2,1H3. The first-order valence-electron chi connectivity index (χ1n) is 7.40. The first-order valence-corrected chi connectivity index (χ1v) is 8.16. The smallest absolute Gasteiger partial charge is 0.0454 e. The fourth-order valence-corrected chi connectivity index (χ4v) is 3.56. The molecule has 0 bridgehead atoms. The highest BCUT2D eigenvalue weighted by Crippen LogP contribution is 2.37. The molecule has 1 fully saturated rings. The summed E-state index contributed by atoms with van der Waals surface area (Å²) in [6.45, 7) is 3.12. The van der Waals surface area contributed by atoms with Gasteiger partial charge in [0.15, 0.2) is 0 Å². The zero-order chi connectivity index (χ0) is 13.7. The normalized spacial score (nSPS) is 19.1. The molecule has 0 saturated heterocycles. The van der Waals surface area contributed by atoms with Gasteiger partial charge in [0.25, 0.3) is 0 Å². The van der Waals surface area contributed by atoms with Crippen molar-refractivity contribution >= 4 is 23.2 Å². The molecule has 0 radical (unpaired) electrons. The van der Waals surface area contributed by atoms with Crippen molar-refractivity contribution < 1.29 is 0 Å². The Hall–Kier alpha value is -0.240. The summed E-state index contributed by atoms with van der Waals surface area (Å²) in [5.74, 6) is 0.679. The summed E-state index contributed by atoms with van der Waals surface area (Å²) >= 11 is 12.5. The van der Waals surface area contributed by atoms with Crippen LogP contribution in [0.25, 0.3) is 0 Å². The van der Waals surface area contributed by atoms with Crippen molar-refractivity contribution in [3.63, 3.8) is 0 Å². The summed E-state index contributed by atoms with van der Waals surface area (Å²) in [6.07, 6.45) is 8.01. The second-order valence-corrected chi connectivity index (χ2v) is 6.30. The van der Waals surface area contributed by atoms with Crippen LogP contribution in [0, 0.1) is 5.92 Å². The van der Waals surface area contributed by atoms with E-state index >= 15 is 0 Å². The SMILES string of the molecule is CCNC(c1cc(Cl)ccc1Cl)C1CCCCCC1. The van der Waals surface area contributed by atoms with E-state index in [4.69, 9.17) is 23.2 Å². The van der Waals surface area contributed by atoms with Crippen LogP contribution in [0.1, 0.15) is 57.1 Å². The van der Waals surface area contributed by atoms with Crippen LogP contribution in [0.3, 0.4) is 0 Å². The van der Waals surface area contributed by atoms with Gasteiger partial charge in [-0.15, -0.1) is 0 Å². The van der Waals surface area contributed by atoms with E-state index in [1.807, 2.05) is 18.2 Å². The molecular formula is C16H23Cl2N. The molecule has 1 aromatic carbocycles. The summed E-state index contributed by atoms with van der Waals surface area (Å²) in [4.78, 5) is 0. The van der Waals surface area contributed by atoms with Gasteiger partial charge in [-0.1, -0.05) is 55.8 Å². The lowest BCUT2D eigenvalue weighted by Gasteiger charge is -2.28. The number of hydrogen-bond donors (Lipinski definition) is 1. The van der Waals surface area contributed by atoms with Crippen LogP contribution in [0.4, 0.5) is 0 Å². The summed E-state index contributed by atoms with van der Waals surface area (Å²) in [7, 11) is 0. The van der Waals surface area contributed by atoms with Crippen LogP contribution < -0.4 is 5.32 Å². The van der Waals surface area contributed by atoms with Gasteiger partial charge in [0.2, 0.25) is 0 Å². The summed E-state index contributed by atoms with van der Waals surface area (Å²) in [5.41, 5.74) is 1.17. The third-order valence-corrected chi connectivity index (χ3v) is 4.67. The maximum Gasteiger partial charge on any atom is 0.0454 e. The first kappa shape index (κ1) is 15.2. The minimum absolute atomic E-state index is 0.342. The third-order valence-electron chi connectivity index (χ3n) is 4.09. The molecular weight excluding hydrogens is 277 g/mol. The molecule has 2 rings (SSSR count). The van der Waals surface area contributed by atoms with Crippen molar-refractivity contribution in [3.05, 3.63) is 33.8 Å². The van der Waals surface area contributed by atoms with Crippen LogP contribution in [-0.4, -0.2) is 6.54 Å². The maximum atomic E-state index is 6.39. The highest BCUT2D eigenvalue weighted by Gasteiger charge is 2.25. The maximum absolute atomic E-state index is 6.39. The predicted octanol–water partition coefficient (Wildman–Crippen LogP) is 5.61. The largest absolute Gasteiger partial charge is 0.310 e. The van der Waals surface area contributed by atoms with Gasteiger partial charge in [0.05, 0.1) is 0 Å². The van der Waals surface area contributed by atoms with Crippen LogP contribution >= 0.6 is 23.2 Å². The number of hydrogen-bond acceptors (Lipinski definition) is 1. The van der Waals surface area contributed by atoms with Gasteiger partial charge in [-0.25, -0.2) is 0 Å². The molecule has 1 unspecified atom stereocenters. The van der Waals surface area contributed by atoms with Crippen molar-refractivity contribution in [2.45, 2.75) is 51.5 Å². The highest BCUT2D eigenvalue weighted by atomic mass is 35.5. The van der Waals surface area contributed by atoms with Crippen molar-refractivity contribution in [1.29, 1.82) is 0 Å². The van der Waals surface area contributed by atoms with E-state index in [-0.39, 0.29) is 0 Å². The minimum Gasteiger partial charge on any atom is -0.310 e. The van der Waals surface area contributed by atoms with E-state index in [9.17, 15) is 0 Å². The molecule has 3 heteroatoms. The fraction of sp³-hybridized carbons (Fsp3) is 0.625. The van der Waals surface area contributed by atoms with Crippen molar-refractivity contribution in [2.75, 3.05) is 6.54 Å². The average Bonchev–Trinajstić information content (AvgIpc) is 2.68. The molecule has 19 heavy (non-hydrogen) atoms. The molecule has 1 saturated carbocycles. The molecule has 0 aliphatic heterocycles. The number of rotatable bonds is 4. The Kier molecular flexibility index (Phi) is 6.00. The number of nitrogens with one attached hydrogen (secondary N) is 1. The zero-order valence-corrected chi connectivity index (χ0v) is 13.1. The number of benzene rings is 1. The van der Waals surface area contributed by atoms with E-state index in [0.29, 0.717) is 12.0 Å². The van der Waals surface area contributed by atoms with Crippen LogP contribution in [0.5, 0.6) is 0 Å². The van der Waals surface area contributed by atoms with Gasteiger partial charge in [-0.05, 0) is 49.1 Å². The van der Waals surface area contributed by atoms with E-state index in [2.05, 4.69) is 12.2 Å². The van der Waals surface area contributed by atoms with Crippen LogP contribution in [0.2, 0.25) is 10.0 Å². The molecule has 106 valence electrons. The van der Waals surface area contributed by atoms with E-state index in [0.717, 1.165) is 16.6 Å². The Morgan fingerprint density at radius 2 is 1.84 bits per heavy atom. The predicted molar refractivity (Wildman–Crippen MR) is 84.1 cm³/mol. The Bertz CT molecular complexity index is 398. The monoisotopic (exact) mass is 299 g/mol. The van der Waals surface area contributed by atoms with Gasteiger partial charge in [-0.2, -0.15) is 0 Å². The van der Waals surface area contributed by atoms with Crippen LogP contribution in [0.15, 0.2) is 18.2 Å². The zero-order valence-electron chi connectivity index (χ0n) is 11.6. The average molecular weight is 300 g/mol. The van der Waals surface area contributed by atoms with Gasteiger partial charge in [-0.3, -0.25) is 0 Å². The Labute approximate surface area is 126 Å².